The van der Waals surface area contributed by atoms with Gasteiger partial charge in [0.25, 0.3) is 0 Å². The first-order valence-electron chi connectivity index (χ1n) is 5.45. The van der Waals surface area contributed by atoms with Crippen molar-refractivity contribution in [3.05, 3.63) is 29.7 Å². The second kappa shape index (κ2) is 4.86. The topological polar surface area (TPSA) is 64.4 Å². The summed E-state index contributed by atoms with van der Waals surface area (Å²) < 4.78 is 10.1. The van der Waals surface area contributed by atoms with E-state index in [1.165, 1.54) is 0 Å². The van der Waals surface area contributed by atoms with E-state index in [-0.39, 0.29) is 0 Å². The number of carbonyl (C=O) groups is 1. The fourth-order valence-corrected chi connectivity index (χ4v) is 1.55. The number of fused-ring (bicyclic) bond motifs is 1. The molecule has 0 radical (unpaired) electrons. The monoisotopic (exact) mass is 234 g/mol. The third-order valence-electron chi connectivity index (χ3n) is 2.27. The predicted octanol–water partition coefficient (Wildman–Crippen LogP) is 2.38. The molecule has 5 heteroatoms. The van der Waals surface area contributed by atoms with E-state index in [1.54, 1.807) is 13.8 Å². The minimum Gasteiger partial charge on any atom is -0.450 e. The molecular formula is C12H14N2O3. The number of ether oxygens (including phenoxy) is 1. The quantitative estimate of drug-likeness (QED) is 0.885. The number of carbonyl (C=O) groups excluding carboxylic acids is 1. The number of amides is 1. The molecule has 1 amide bonds. The van der Waals surface area contributed by atoms with Crippen LogP contribution >= 0.6 is 0 Å². The van der Waals surface area contributed by atoms with E-state index in [1.807, 2.05) is 18.2 Å². The highest BCUT2D eigenvalue weighted by Gasteiger charge is 2.04. The molecule has 1 aromatic carbocycles. The zero-order chi connectivity index (χ0) is 12.3. The molecule has 0 unspecified atom stereocenters. The maximum atomic E-state index is 11.1. The van der Waals surface area contributed by atoms with E-state index >= 15 is 0 Å². The van der Waals surface area contributed by atoms with Crippen LogP contribution in [0.1, 0.15) is 18.4 Å². The first-order valence-corrected chi connectivity index (χ1v) is 5.45. The first-order chi connectivity index (χ1) is 8.19. The molecule has 0 atom stereocenters. The molecule has 0 aliphatic rings. The Morgan fingerprint density at radius 2 is 2.35 bits per heavy atom. The van der Waals surface area contributed by atoms with Crippen LogP contribution in [0.15, 0.2) is 22.6 Å². The maximum absolute atomic E-state index is 11.1. The molecule has 90 valence electrons. The smallest absolute Gasteiger partial charge is 0.407 e. The highest BCUT2D eigenvalue weighted by molar-refractivity contribution is 5.73. The molecule has 1 N–H and O–H groups in total. The average Bonchev–Trinajstić information content (AvgIpc) is 2.66. The molecule has 5 nitrogen and oxygen atoms in total. The fourth-order valence-electron chi connectivity index (χ4n) is 1.55. The number of nitrogens with one attached hydrogen (secondary N) is 1. The molecule has 1 heterocycles. The highest BCUT2D eigenvalue weighted by Crippen LogP contribution is 2.16. The van der Waals surface area contributed by atoms with Gasteiger partial charge in [-0.3, -0.25) is 0 Å². The zero-order valence-electron chi connectivity index (χ0n) is 9.82. The van der Waals surface area contributed by atoms with Crippen molar-refractivity contribution in [2.24, 2.45) is 0 Å². The fraction of sp³-hybridized carbons (Fsp3) is 0.333. The van der Waals surface area contributed by atoms with Crippen LogP contribution in [0.5, 0.6) is 0 Å². The molecule has 0 aliphatic carbocycles. The molecule has 0 saturated heterocycles. The van der Waals surface area contributed by atoms with E-state index in [2.05, 4.69) is 10.3 Å². The van der Waals surface area contributed by atoms with Crippen molar-refractivity contribution in [2.45, 2.75) is 20.4 Å². The van der Waals surface area contributed by atoms with Gasteiger partial charge in [-0.1, -0.05) is 6.07 Å². The van der Waals surface area contributed by atoms with Crippen molar-refractivity contribution >= 4 is 17.2 Å². The van der Waals surface area contributed by atoms with Crippen molar-refractivity contribution in [3.63, 3.8) is 0 Å². The Bertz CT molecular complexity index is 534. The Morgan fingerprint density at radius 1 is 1.53 bits per heavy atom. The van der Waals surface area contributed by atoms with Gasteiger partial charge in [-0.15, -0.1) is 0 Å². The van der Waals surface area contributed by atoms with E-state index in [0.717, 1.165) is 16.7 Å². The summed E-state index contributed by atoms with van der Waals surface area (Å²) in [5.74, 6) is 0.635. The summed E-state index contributed by atoms with van der Waals surface area (Å²) >= 11 is 0. The normalized spacial score (nSPS) is 10.5. The lowest BCUT2D eigenvalue weighted by Gasteiger charge is -2.04. The lowest BCUT2D eigenvalue weighted by molar-refractivity contribution is 0.151. The molecule has 17 heavy (non-hydrogen) atoms. The van der Waals surface area contributed by atoms with Gasteiger partial charge in [0.2, 0.25) is 0 Å². The number of nitrogens with zero attached hydrogens (tertiary/aromatic N) is 1. The van der Waals surface area contributed by atoms with Gasteiger partial charge < -0.3 is 14.5 Å². The van der Waals surface area contributed by atoms with Gasteiger partial charge in [0.15, 0.2) is 11.5 Å². The minimum atomic E-state index is -0.413. The van der Waals surface area contributed by atoms with E-state index in [9.17, 15) is 4.79 Å². The Labute approximate surface area is 98.8 Å². The molecule has 2 rings (SSSR count). The largest absolute Gasteiger partial charge is 0.450 e. The molecule has 0 bridgehead atoms. The first kappa shape index (κ1) is 11.4. The third-order valence-corrected chi connectivity index (χ3v) is 2.27. The Balaban J connectivity index is 2.06. The highest BCUT2D eigenvalue weighted by atomic mass is 16.5. The predicted molar refractivity (Wildman–Crippen MR) is 62.6 cm³/mol. The number of rotatable bonds is 3. The van der Waals surface area contributed by atoms with Crippen molar-refractivity contribution in [1.82, 2.24) is 10.3 Å². The second-order valence-corrected chi connectivity index (χ2v) is 3.61. The SMILES string of the molecule is CCOC(=O)NCc1ccc2oc(C)nc2c1. The summed E-state index contributed by atoms with van der Waals surface area (Å²) in [4.78, 5) is 15.3. The van der Waals surface area contributed by atoms with Gasteiger partial charge in [0.1, 0.15) is 5.52 Å². The number of alkyl carbamates (subject to hydrolysis) is 1. The maximum Gasteiger partial charge on any atom is 0.407 e. The number of aromatic nitrogens is 1. The van der Waals surface area contributed by atoms with Crippen molar-refractivity contribution in [3.8, 4) is 0 Å². The van der Waals surface area contributed by atoms with Gasteiger partial charge >= 0.3 is 6.09 Å². The summed E-state index contributed by atoms with van der Waals surface area (Å²) in [5, 5.41) is 2.65. The van der Waals surface area contributed by atoms with Crippen molar-refractivity contribution in [1.29, 1.82) is 0 Å². The van der Waals surface area contributed by atoms with E-state index in [0.29, 0.717) is 19.0 Å². The summed E-state index contributed by atoms with van der Waals surface area (Å²) in [5.41, 5.74) is 2.51. The number of hydrogen-bond donors (Lipinski definition) is 1. The van der Waals surface area contributed by atoms with Gasteiger partial charge in [-0.25, -0.2) is 9.78 Å². The molecule has 2 aromatic rings. The Morgan fingerprint density at radius 3 is 3.12 bits per heavy atom. The van der Waals surface area contributed by atoms with Crippen molar-refractivity contribution < 1.29 is 13.9 Å². The molecule has 0 aliphatic heterocycles. The molecule has 1 aromatic heterocycles. The third kappa shape index (κ3) is 2.75. The lowest BCUT2D eigenvalue weighted by atomic mass is 10.2. The molecule has 0 spiro atoms. The van der Waals surface area contributed by atoms with Crippen LogP contribution in [0.25, 0.3) is 11.1 Å². The van der Waals surface area contributed by atoms with E-state index in [4.69, 9.17) is 9.15 Å². The van der Waals surface area contributed by atoms with Gasteiger partial charge in [-0.05, 0) is 24.6 Å². The van der Waals surface area contributed by atoms with Crippen LogP contribution in [0.4, 0.5) is 4.79 Å². The van der Waals surface area contributed by atoms with Crippen molar-refractivity contribution in [2.75, 3.05) is 6.61 Å². The van der Waals surface area contributed by atoms with Crippen LogP contribution in [0.3, 0.4) is 0 Å². The molecule has 0 fully saturated rings. The van der Waals surface area contributed by atoms with Crippen LogP contribution in [0, 0.1) is 6.92 Å². The summed E-state index contributed by atoms with van der Waals surface area (Å²) in [6, 6.07) is 5.62. The van der Waals surface area contributed by atoms with Crippen LogP contribution in [-0.4, -0.2) is 17.7 Å². The average molecular weight is 234 g/mol. The molecule has 0 saturated carbocycles. The zero-order valence-corrected chi connectivity index (χ0v) is 9.82. The number of hydrogen-bond acceptors (Lipinski definition) is 4. The standard InChI is InChI=1S/C12H14N2O3/c1-3-16-12(15)13-7-9-4-5-11-10(6-9)14-8(2)17-11/h4-6H,3,7H2,1-2H3,(H,13,15). The lowest BCUT2D eigenvalue weighted by Crippen LogP contribution is -2.23. The van der Waals surface area contributed by atoms with Gasteiger partial charge in [0, 0.05) is 13.5 Å². The van der Waals surface area contributed by atoms with Crippen LogP contribution in [0.2, 0.25) is 0 Å². The van der Waals surface area contributed by atoms with E-state index < -0.39 is 6.09 Å². The Kier molecular flexibility index (Phi) is 3.27. The summed E-state index contributed by atoms with van der Waals surface area (Å²) in [6.45, 7) is 4.36. The summed E-state index contributed by atoms with van der Waals surface area (Å²) in [6.07, 6.45) is -0.413. The number of oxazole rings is 1. The summed E-state index contributed by atoms with van der Waals surface area (Å²) in [7, 11) is 0. The van der Waals surface area contributed by atoms with Crippen LogP contribution < -0.4 is 5.32 Å². The number of aryl methyl sites for hydroxylation is 1. The van der Waals surface area contributed by atoms with Gasteiger partial charge in [-0.2, -0.15) is 0 Å². The second-order valence-electron chi connectivity index (χ2n) is 3.61. The Hall–Kier alpha value is -2.04. The van der Waals surface area contributed by atoms with Gasteiger partial charge in [0.05, 0.1) is 6.61 Å². The van der Waals surface area contributed by atoms with Crippen LogP contribution in [-0.2, 0) is 11.3 Å². The number of benzene rings is 1. The minimum absolute atomic E-state index is 0.368. The molecular weight excluding hydrogens is 220 g/mol.